The van der Waals surface area contributed by atoms with Crippen LogP contribution in [0.15, 0.2) is 35.4 Å². The molecule has 3 aromatic rings. The molecule has 1 aromatic carbocycles. The van der Waals surface area contributed by atoms with Gasteiger partial charge in [-0.1, -0.05) is 30.7 Å². The number of benzene rings is 1. The molecular weight excluding hydrogens is 501 g/mol. The van der Waals surface area contributed by atoms with Crippen LogP contribution in [-0.2, 0) is 31.7 Å². The Labute approximate surface area is 208 Å². The van der Waals surface area contributed by atoms with Gasteiger partial charge in [-0.25, -0.2) is 4.98 Å². The smallest absolute Gasteiger partial charge is 0.280 e. The molecule has 2 heterocycles. The van der Waals surface area contributed by atoms with E-state index in [1.54, 1.807) is 22.7 Å². The first-order valence-electron chi connectivity index (χ1n) is 10.5. The van der Waals surface area contributed by atoms with Gasteiger partial charge in [-0.3, -0.25) is 9.78 Å². The average molecular weight is 530 g/mol. The Hall–Kier alpha value is -2.01. The molecular formula is C21H29ClN5O5PS. The van der Waals surface area contributed by atoms with Crippen molar-refractivity contribution in [2.45, 2.75) is 26.5 Å². The molecule has 1 unspecified atom stereocenters. The summed E-state index contributed by atoms with van der Waals surface area (Å²) in [7, 11) is -1.21. The van der Waals surface area contributed by atoms with Crippen molar-refractivity contribution in [1.29, 1.82) is 0 Å². The first-order chi connectivity index (χ1) is 16.5. The lowest BCUT2D eigenvalue weighted by Crippen LogP contribution is -2.13. The Balaban J connectivity index is 0.000000945. The van der Waals surface area contributed by atoms with Crippen LogP contribution in [-0.4, -0.2) is 57.4 Å². The summed E-state index contributed by atoms with van der Waals surface area (Å²) in [5, 5.41) is 0.667. The van der Waals surface area contributed by atoms with E-state index < -0.39 is 8.38 Å². The number of aromatic nitrogens is 4. The highest BCUT2D eigenvalue weighted by molar-refractivity contribution is 7.98. The van der Waals surface area contributed by atoms with Gasteiger partial charge in [0.1, 0.15) is 12.6 Å². The van der Waals surface area contributed by atoms with Gasteiger partial charge >= 0.3 is 0 Å². The fourth-order valence-corrected chi connectivity index (χ4v) is 4.22. The Bertz CT molecular complexity index is 1080. The number of thioether (sulfide) groups is 1. The van der Waals surface area contributed by atoms with Crippen LogP contribution in [0.1, 0.15) is 18.9 Å². The van der Waals surface area contributed by atoms with Crippen LogP contribution in [0.3, 0.4) is 0 Å². The second-order valence-electron chi connectivity index (χ2n) is 6.74. The molecule has 0 bridgehead atoms. The fraction of sp³-hybridized carbons (Fsp3) is 0.429. The van der Waals surface area contributed by atoms with Crippen LogP contribution < -0.4 is 11.3 Å². The number of hydrogen-bond donors (Lipinski definition) is 2. The lowest BCUT2D eigenvalue weighted by atomic mass is 10.2. The van der Waals surface area contributed by atoms with Gasteiger partial charge < -0.3 is 28.9 Å². The highest BCUT2D eigenvalue weighted by atomic mass is 35.5. The maximum Gasteiger partial charge on any atom is 0.280 e. The minimum absolute atomic E-state index is 0.0512. The Morgan fingerprint density at radius 2 is 2.12 bits per heavy atom. The molecule has 0 radical (unpaired) electrons. The van der Waals surface area contributed by atoms with E-state index in [2.05, 4.69) is 15.0 Å². The molecule has 0 aliphatic rings. The molecule has 0 aliphatic carbocycles. The van der Waals surface area contributed by atoms with Gasteiger partial charge in [0, 0.05) is 23.7 Å². The maximum atomic E-state index is 11.8. The number of anilines is 1. The molecule has 3 N–H and O–H groups in total. The van der Waals surface area contributed by atoms with E-state index in [9.17, 15) is 9.59 Å². The predicted octanol–water partition coefficient (Wildman–Crippen LogP) is 3.83. The van der Waals surface area contributed by atoms with E-state index in [0.717, 1.165) is 17.6 Å². The summed E-state index contributed by atoms with van der Waals surface area (Å²) in [6, 6.07) is 7.52. The van der Waals surface area contributed by atoms with Crippen molar-refractivity contribution in [1.82, 2.24) is 19.5 Å². The molecule has 10 nitrogen and oxygen atoms in total. The Morgan fingerprint density at radius 3 is 2.82 bits per heavy atom. The highest BCUT2D eigenvalue weighted by Crippen LogP contribution is 2.39. The largest absolute Gasteiger partial charge is 0.370 e. The number of halogens is 1. The highest BCUT2D eigenvalue weighted by Gasteiger charge is 2.13. The molecule has 0 fully saturated rings. The van der Waals surface area contributed by atoms with Crippen molar-refractivity contribution >= 4 is 55.1 Å². The van der Waals surface area contributed by atoms with Gasteiger partial charge in [-0.05, 0) is 24.0 Å². The molecule has 0 saturated carbocycles. The number of ether oxygens (including phenoxy) is 1. The number of nitrogen functional groups attached to an aromatic ring is 1. The van der Waals surface area contributed by atoms with Crippen LogP contribution in [0.4, 0.5) is 5.95 Å². The van der Waals surface area contributed by atoms with Gasteiger partial charge in [0.25, 0.3) is 5.56 Å². The van der Waals surface area contributed by atoms with Gasteiger partial charge in [0.05, 0.1) is 26.1 Å². The van der Waals surface area contributed by atoms with E-state index in [-0.39, 0.29) is 17.0 Å². The summed E-state index contributed by atoms with van der Waals surface area (Å²) >= 11 is 7.73. The van der Waals surface area contributed by atoms with Gasteiger partial charge in [-0.15, -0.1) is 0 Å². The first-order valence-corrected chi connectivity index (χ1v) is 13.6. The quantitative estimate of drug-likeness (QED) is 0.192. The predicted molar refractivity (Wildman–Crippen MR) is 137 cm³/mol. The SMILES string of the molecule is CCC=O.CSCCOP(COCCn1cnc2c(=O)[nH]c(N)nc21)OCc1cccc(Cl)c1. The minimum Gasteiger partial charge on any atom is -0.370 e. The molecule has 0 spiro atoms. The van der Waals surface area contributed by atoms with Crippen molar-refractivity contribution in [2.75, 3.05) is 37.3 Å². The molecule has 13 heteroatoms. The van der Waals surface area contributed by atoms with Crippen LogP contribution in [0.2, 0.25) is 5.02 Å². The summed E-state index contributed by atoms with van der Waals surface area (Å²) in [5.74, 6) is 0.928. The number of aromatic amines is 1. The first kappa shape index (κ1) is 28.2. The number of carbonyl (C=O) groups is 1. The number of nitrogens with two attached hydrogens (primary N) is 1. The summed E-state index contributed by atoms with van der Waals surface area (Å²) in [4.78, 5) is 31.7. The summed E-state index contributed by atoms with van der Waals surface area (Å²) < 4.78 is 19.3. The number of fused-ring (bicyclic) bond motifs is 1. The third kappa shape index (κ3) is 9.69. The zero-order chi connectivity index (χ0) is 24.8. The minimum atomic E-state index is -1.21. The fourth-order valence-electron chi connectivity index (χ4n) is 2.54. The number of carbonyl (C=O) groups excluding carboxylic acids is 1. The van der Waals surface area contributed by atoms with Crippen molar-refractivity contribution in [3.05, 3.63) is 51.5 Å². The second-order valence-corrected chi connectivity index (χ2v) is 9.60. The average Bonchev–Trinajstić information content (AvgIpc) is 3.23. The van der Waals surface area contributed by atoms with Crippen molar-refractivity contribution in [2.24, 2.45) is 0 Å². The molecule has 34 heavy (non-hydrogen) atoms. The standard InChI is InChI=1S/C18H23ClN5O4PS.C3H6O/c1-30-8-7-27-29(28-10-13-3-2-4-14(19)9-13)12-26-6-5-24-11-21-15-16(24)22-18(20)23-17(15)25;1-2-3-4/h2-4,9,11H,5-8,10,12H2,1H3,(H3,20,22,23,25);3H,2H2,1H3. The maximum absolute atomic E-state index is 11.8. The van der Waals surface area contributed by atoms with E-state index >= 15 is 0 Å². The molecule has 1 atom stereocenters. The lowest BCUT2D eigenvalue weighted by molar-refractivity contribution is -0.107. The van der Waals surface area contributed by atoms with E-state index in [1.165, 1.54) is 0 Å². The zero-order valence-corrected chi connectivity index (χ0v) is 21.6. The molecule has 3 rings (SSSR count). The van der Waals surface area contributed by atoms with E-state index in [1.807, 2.05) is 37.4 Å². The normalized spacial score (nSPS) is 11.7. The zero-order valence-electron chi connectivity index (χ0n) is 19.1. The van der Waals surface area contributed by atoms with Gasteiger partial charge in [-0.2, -0.15) is 16.7 Å². The van der Waals surface area contributed by atoms with E-state index in [4.69, 9.17) is 31.1 Å². The van der Waals surface area contributed by atoms with E-state index in [0.29, 0.717) is 49.8 Å². The Kier molecular flexibility index (Phi) is 13.1. The second kappa shape index (κ2) is 15.8. The van der Waals surface area contributed by atoms with Gasteiger partial charge in [0.15, 0.2) is 19.5 Å². The summed E-state index contributed by atoms with van der Waals surface area (Å²) in [6.45, 7) is 3.64. The number of nitrogens with zero attached hydrogens (tertiary/aromatic N) is 3. The summed E-state index contributed by atoms with van der Waals surface area (Å²) in [6.07, 6.45) is 5.41. The molecule has 0 saturated heterocycles. The Morgan fingerprint density at radius 1 is 1.32 bits per heavy atom. The van der Waals surface area contributed by atoms with Crippen molar-refractivity contribution < 1.29 is 18.6 Å². The monoisotopic (exact) mass is 529 g/mol. The topological polar surface area (TPSA) is 134 Å². The number of rotatable bonds is 13. The third-order valence-electron chi connectivity index (χ3n) is 4.12. The van der Waals surface area contributed by atoms with Crippen molar-refractivity contribution in [3.8, 4) is 0 Å². The van der Waals surface area contributed by atoms with Crippen LogP contribution in [0, 0.1) is 0 Å². The number of imidazole rings is 1. The lowest BCUT2D eigenvalue weighted by Gasteiger charge is -2.18. The number of H-pyrrole nitrogens is 1. The van der Waals surface area contributed by atoms with Crippen LogP contribution >= 0.6 is 31.7 Å². The number of nitrogens with one attached hydrogen (secondary N) is 1. The number of hydrogen-bond acceptors (Lipinski definition) is 9. The molecule has 2 aromatic heterocycles. The third-order valence-corrected chi connectivity index (χ3v) is 6.21. The van der Waals surface area contributed by atoms with Crippen LogP contribution in [0.5, 0.6) is 0 Å². The van der Waals surface area contributed by atoms with Crippen LogP contribution in [0.25, 0.3) is 11.2 Å². The summed E-state index contributed by atoms with van der Waals surface area (Å²) in [5.41, 5.74) is 6.90. The van der Waals surface area contributed by atoms with Crippen molar-refractivity contribution in [3.63, 3.8) is 0 Å². The molecule has 0 amide bonds. The number of aldehydes is 1. The molecule has 186 valence electrons. The van der Waals surface area contributed by atoms with Gasteiger partial charge in [0.2, 0.25) is 5.95 Å². The molecule has 0 aliphatic heterocycles.